The smallest absolute Gasteiger partial charge is 0.408 e. The highest BCUT2D eigenvalue weighted by molar-refractivity contribution is 7.80. The van der Waals surface area contributed by atoms with Crippen molar-refractivity contribution in [3.05, 3.63) is 71.3 Å². The molecule has 2 aromatic carbocycles. The second-order valence-electron chi connectivity index (χ2n) is 8.70. The molecule has 0 aliphatic heterocycles. The van der Waals surface area contributed by atoms with Gasteiger partial charge in [-0.25, -0.2) is 4.79 Å². The van der Waals surface area contributed by atoms with Crippen LogP contribution in [0.2, 0.25) is 0 Å². The summed E-state index contributed by atoms with van der Waals surface area (Å²) in [7, 11) is 1.51. The van der Waals surface area contributed by atoms with Crippen LogP contribution in [-0.2, 0) is 20.9 Å². The van der Waals surface area contributed by atoms with Gasteiger partial charge in [0.1, 0.15) is 17.7 Å². The van der Waals surface area contributed by atoms with E-state index in [2.05, 4.69) is 29.2 Å². The van der Waals surface area contributed by atoms with Gasteiger partial charge in [-0.3, -0.25) is 9.59 Å². The quantitative estimate of drug-likeness (QED) is 0.399. The Kier molecular flexibility index (Phi) is 9.58. The summed E-state index contributed by atoms with van der Waals surface area (Å²) in [4.78, 5) is 40.1. The van der Waals surface area contributed by atoms with Gasteiger partial charge in [-0.05, 0) is 44.0 Å². The number of thiol groups is 1. The zero-order valence-corrected chi connectivity index (χ0v) is 20.8. The lowest BCUT2D eigenvalue weighted by atomic mass is 10.0. The topological polar surface area (TPSA) is 87.7 Å². The first-order chi connectivity index (χ1) is 16.1. The van der Waals surface area contributed by atoms with Gasteiger partial charge in [-0.15, -0.1) is 6.42 Å². The van der Waals surface area contributed by atoms with Crippen LogP contribution in [0.25, 0.3) is 0 Å². The van der Waals surface area contributed by atoms with Crippen molar-refractivity contribution in [2.75, 3.05) is 12.8 Å². The summed E-state index contributed by atoms with van der Waals surface area (Å²) in [6.07, 6.45) is 4.71. The highest BCUT2D eigenvalue weighted by Crippen LogP contribution is 2.22. The summed E-state index contributed by atoms with van der Waals surface area (Å²) in [6, 6.07) is 14.3. The van der Waals surface area contributed by atoms with Crippen molar-refractivity contribution in [2.45, 2.75) is 45.0 Å². The van der Waals surface area contributed by atoms with Crippen molar-refractivity contribution in [1.82, 2.24) is 15.5 Å². The molecule has 180 valence electrons. The van der Waals surface area contributed by atoms with E-state index >= 15 is 0 Å². The number of benzene rings is 2. The van der Waals surface area contributed by atoms with Crippen molar-refractivity contribution in [1.29, 1.82) is 0 Å². The molecule has 0 aliphatic carbocycles. The third kappa shape index (κ3) is 7.85. The van der Waals surface area contributed by atoms with Gasteiger partial charge in [0, 0.05) is 24.9 Å². The number of amides is 3. The summed E-state index contributed by atoms with van der Waals surface area (Å²) in [6.45, 7) is 5.47. The number of terminal acetylenes is 1. The predicted octanol–water partition coefficient (Wildman–Crippen LogP) is 3.31. The van der Waals surface area contributed by atoms with E-state index in [4.69, 9.17) is 11.2 Å². The molecule has 7 nitrogen and oxygen atoms in total. The molecule has 2 aromatic rings. The minimum Gasteiger partial charge on any atom is -0.444 e. The maximum Gasteiger partial charge on any atom is 0.408 e. The predicted molar refractivity (Wildman–Crippen MR) is 135 cm³/mol. The van der Waals surface area contributed by atoms with Crippen LogP contribution in [0.5, 0.6) is 0 Å². The third-order valence-electron chi connectivity index (χ3n) is 4.86. The Hall–Kier alpha value is -3.44. The SMILES string of the molecule is C#Cc1ccc(C(C(=O)NCc2ccccc2)N(C)C(=O)C(CS)NC(=O)OC(C)(C)C)cc1. The van der Waals surface area contributed by atoms with Crippen LogP contribution in [0.3, 0.4) is 0 Å². The number of likely N-dealkylation sites (N-methyl/N-ethyl adjacent to an activating group) is 1. The molecule has 0 heterocycles. The lowest BCUT2D eigenvalue weighted by molar-refractivity contribution is -0.140. The van der Waals surface area contributed by atoms with Gasteiger partial charge in [-0.1, -0.05) is 48.4 Å². The van der Waals surface area contributed by atoms with Crippen LogP contribution in [0, 0.1) is 12.3 Å². The number of hydrogen-bond acceptors (Lipinski definition) is 5. The maximum atomic E-state index is 13.3. The first-order valence-electron chi connectivity index (χ1n) is 10.8. The Bertz CT molecular complexity index is 1030. The number of ether oxygens (including phenoxy) is 1. The largest absolute Gasteiger partial charge is 0.444 e. The molecular formula is C26H31N3O4S. The second kappa shape index (κ2) is 12.1. The van der Waals surface area contributed by atoms with Gasteiger partial charge in [0.2, 0.25) is 11.8 Å². The molecule has 0 aliphatic rings. The van der Waals surface area contributed by atoms with Crippen LogP contribution in [0.4, 0.5) is 4.79 Å². The number of carbonyl (C=O) groups excluding carboxylic acids is 3. The summed E-state index contributed by atoms with van der Waals surface area (Å²) in [5.41, 5.74) is 1.43. The van der Waals surface area contributed by atoms with Crippen LogP contribution in [-0.4, -0.2) is 47.3 Å². The number of carbonyl (C=O) groups is 3. The highest BCUT2D eigenvalue weighted by Gasteiger charge is 2.33. The number of nitrogens with zero attached hydrogens (tertiary/aromatic N) is 1. The molecule has 34 heavy (non-hydrogen) atoms. The molecule has 2 unspecified atom stereocenters. The summed E-state index contributed by atoms with van der Waals surface area (Å²) in [5.74, 6) is 1.70. The number of rotatable bonds is 8. The maximum absolute atomic E-state index is 13.3. The van der Waals surface area contributed by atoms with Gasteiger partial charge in [0.15, 0.2) is 0 Å². The summed E-state index contributed by atoms with van der Waals surface area (Å²) >= 11 is 4.22. The van der Waals surface area contributed by atoms with Gasteiger partial charge in [-0.2, -0.15) is 12.6 Å². The molecule has 0 spiro atoms. The molecule has 0 saturated carbocycles. The monoisotopic (exact) mass is 481 g/mol. The fourth-order valence-corrected chi connectivity index (χ4v) is 3.45. The Balaban J connectivity index is 2.26. The first-order valence-corrected chi connectivity index (χ1v) is 11.4. The molecule has 0 bridgehead atoms. The fraction of sp³-hybridized carbons (Fsp3) is 0.346. The zero-order chi connectivity index (χ0) is 25.3. The van der Waals surface area contributed by atoms with Crippen LogP contribution in [0.15, 0.2) is 54.6 Å². The van der Waals surface area contributed by atoms with E-state index in [0.717, 1.165) is 5.56 Å². The van der Waals surface area contributed by atoms with Gasteiger partial charge in [0.05, 0.1) is 0 Å². The van der Waals surface area contributed by atoms with Crippen molar-refractivity contribution < 1.29 is 19.1 Å². The zero-order valence-electron chi connectivity index (χ0n) is 19.9. The highest BCUT2D eigenvalue weighted by atomic mass is 32.1. The number of alkyl carbamates (subject to hydrolysis) is 1. The average Bonchev–Trinajstić information content (AvgIpc) is 2.80. The number of nitrogens with one attached hydrogen (secondary N) is 2. The van der Waals surface area contributed by atoms with Crippen molar-refractivity contribution in [2.24, 2.45) is 0 Å². The third-order valence-corrected chi connectivity index (χ3v) is 5.22. The fourth-order valence-electron chi connectivity index (χ4n) is 3.20. The van der Waals surface area contributed by atoms with E-state index in [1.165, 1.54) is 11.9 Å². The average molecular weight is 482 g/mol. The summed E-state index contributed by atoms with van der Waals surface area (Å²) < 4.78 is 5.25. The van der Waals surface area contributed by atoms with E-state index in [1.807, 2.05) is 30.3 Å². The molecule has 0 saturated heterocycles. The van der Waals surface area contributed by atoms with Crippen LogP contribution >= 0.6 is 12.6 Å². The molecule has 3 amide bonds. The Morgan fingerprint density at radius 3 is 2.24 bits per heavy atom. The summed E-state index contributed by atoms with van der Waals surface area (Å²) in [5, 5.41) is 5.42. The van der Waals surface area contributed by atoms with Crippen molar-refractivity contribution in [3.8, 4) is 12.3 Å². The van der Waals surface area contributed by atoms with Gasteiger partial charge >= 0.3 is 6.09 Å². The van der Waals surface area contributed by atoms with E-state index in [-0.39, 0.29) is 11.7 Å². The second-order valence-corrected chi connectivity index (χ2v) is 9.07. The van der Waals surface area contributed by atoms with E-state index in [1.54, 1.807) is 45.0 Å². The lowest BCUT2D eigenvalue weighted by Gasteiger charge is -2.31. The molecule has 2 atom stereocenters. The normalized spacial score (nSPS) is 12.6. The van der Waals surface area contributed by atoms with Crippen molar-refractivity contribution >= 4 is 30.5 Å². The van der Waals surface area contributed by atoms with Gasteiger partial charge in [0.25, 0.3) is 0 Å². The van der Waals surface area contributed by atoms with Gasteiger partial charge < -0.3 is 20.3 Å². The first kappa shape index (κ1) is 26.8. The Labute approximate surface area is 206 Å². The molecular weight excluding hydrogens is 450 g/mol. The number of hydrogen-bond donors (Lipinski definition) is 3. The van der Waals surface area contributed by atoms with Crippen molar-refractivity contribution in [3.63, 3.8) is 0 Å². The van der Waals surface area contributed by atoms with Crippen LogP contribution in [0.1, 0.15) is 43.5 Å². The Morgan fingerprint density at radius 1 is 1.09 bits per heavy atom. The molecule has 2 N–H and O–H groups in total. The molecule has 2 rings (SSSR count). The molecule has 0 radical (unpaired) electrons. The van der Waals surface area contributed by atoms with Crippen LogP contribution < -0.4 is 10.6 Å². The minimum absolute atomic E-state index is 0.0246. The molecule has 0 aromatic heterocycles. The van der Waals surface area contributed by atoms with E-state index < -0.39 is 29.7 Å². The molecule has 0 fully saturated rings. The lowest BCUT2D eigenvalue weighted by Crippen LogP contribution is -2.52. The molecule has 8 heteroatoms. The van der Waals surface area contributed by atoms with E-state index in [0.29, 0.717) is 17.7 Å². The standard InChI is InChI=1S/C26H31N3O4S/c1-6-18-12-14-20(15-13-18)22(23(30)27-16-19-10-8-7-9-11-19)29(5)24(31)21(17-34)28-25(32)33-26(2,3)4/h1,7-15,21-22,34H,16-17H2,2-5H3,(H,27,30)(H,28,32). The Morgan fingerprint density at radius 2 is 1.71 bits per heavy atom. The minimum atomic E-state index is -0.988. The van der Waals surface area contributed by atoms with E-state index in [9.17, 15) is 14.4 Å².